The molecule has 6 nitrogen and oxygen atoms in total. The minimum Gasteiger partial charge on any atom is -0.379 e. The molecule has 5 rings (SSSR count). The Hall–Kier alpha value is -3.06. The summed E-state index contributed by atoms with van der Waals surface area (Å²) in [7, 11) is 2.16. The van der Waals surface area contributed by atoms with Crippen LogP contribution in [-0.4, -0.2) is 61.9 Å². The van der Waals surface area contributed by atoms with Gasteiger partial charge in [-0.05, 0) is 98.9 Å². The van der Waals surface area contributed by atoms with E-state index in [9.17, 15) is 9.59 Å². The van der Waals surface area contributed by atoms with Crippen molar-refractivity contribution in [1.29, 1.82) is 0 Å². The highest BCUT2D eigenvalue weighted by Crippen LogP contribution is 2.35. The Labute approximate surface area is 251 Å². The molecule has 1 saturated carbocycles. The minimum atomic E-state index is -0.214. The smallest absolute Gasteiger partial charge is 0.163 e. The normalized spacial score (nSPS) is 23.4. The predicted octanol–water partition coefficient (Wildman–Crippen LogP) is 6.25. The molecule has 224 valence electrons. The van der Waals surface area contributed by atoms with Gasteiger partial charge in [0.15, 0.2) is 11.6 Å². The van der Waals surface area contributed by atoms with Crippen molar-refractivity contribution in [3.05, 3.63) is 76.4 Å². The summed E-state index contributed by atoms with van der Waals surface area (Å²) in [6.45, 7) is 10.5. The Morgan fingerprint density at radius 2 is 1.67 bits per heavy atom. The second-order valence-corrected chi connectivity index (χ2v) is 12.6. The van der Waals surface area contributed by atoms with Gasteiger partial charge in [-0.15, -0.1) is 0 Å². The number of rotatable bonds is 9. The van der Waals surface area contributed by atoms with Gasteiger partial charge < -0.3 is 15.4 Å². The minimum absolute atomic E-state index is 0.102. The lowest BCUT2D eigenvalue weighted by molar-refractivity contribution is -0.117. The number of ether oxygens (including phenoxy) is 1. The highest BCUT2D eigenvalue weighted by atomic mass is 16.5. The fraction of sp³-hybridized carbons (Fsp3) is 0.500. The highest BCUT2D eigenvalue weighted by Gasteiger charge is 2.27. The van der Waals surface area contributed by atoms with Crippen LogP contribution in [0.3, 0.4) is 0 Å². The molecule has 0 radical (unpaired) electrons. The third-order valence-corrected chi connectivity index (χ3v) is 9.53. The molecule has 6 heteroatoms. The van der Waals surface area contributed by atoms with Gasteiger partial charge in [0.1, 0.15) is 0 Å². The number of morpholine rings is 1. The highest BCUT2D eigenvalue weighted by molar-refractivity contribution is 6.01. The van der Waals surface area contributed by atoms with Crippen LogP contribution >= 0.6 is 0 Å². The maximum Gasteiger partial charge on any atom is 0.163 e. The molecule has 3 aliphatic rings. The van der Waals surface area contributed by atoms with Crippen LogP contribution in [0.1, 0.15) is 73.9 Å². The van der Waals surface area contributed by atoms with Crippen molar-refractivity contribution in [3.8, 4) is 11.1 Å². The standard InChI is InChI=1S/C36H47N3O3/c1-24-19-25(2)32(36(41)20-24)13-14-35(40)33-21-29(22-34(26(33)3)38(4)31-11-9-30(37)10-12-31)28-7-5-27(6-8-28)23-39-15-17-42-18-16-39/h5-8,19-22,30-32H,9-18,23,37H2,1-4H3. The zero-order valence-electron chi connectivity index (χ0n) is 25.8. The first-order valence-electron chi connectivity index (χ1n) is 15.7. The van der Waals surface area contributed by atoms with Gasteiger partial charge in [-0.1, -0.05) is 35.9 Å². The summed E-state index contributed by atoms with van der Waals surface area (Å²) in [5.41, 5.74) is 14.6. The molecule has 1 aliphatic heterocycles. The number of hydrogen-bond donors (Lipinski definition) is 1. The topological polar surface area (TPSA) is 75.9 Å². The number of carbonyl (C=O) groups excluding carboxylic acids is 2. The van der Waals surface area contributed by atoms with Gasteiger partial charge in [-0.2, -0.15) is 0 Å². The number of hydrogen-bond acceptors (Lipinski definition) is 6. The maximum absolute atomic E-state index is 13.8. The average molecular weight is 570 g/mol. The summed E-state index contributed by atoms with van der Waals surface area (Å²) in [5, 5.41) is 0. The fourth-order valence-electron chi connectivity index (χ4n) is 6.86. The number of allylic oxidation sites excluding steroid dienone is 4. The molecular weight excluding hydrogens is 522 g/mol. The summed E-state index contributed by atoms with van der Waals surface area (Å²) in [5.74, 6) is -0.00177. The largest absolute Gasteiger partial charge is 0.379 e. The van der Waals surface area contributed by atoms with Gasteiger partial charge in [0.2, 0.25) is 0 Å². The summed E-state index contributed by atoms with van der Waals surface area (Å²) in [4.78, 5) is 31.4. The average Bonchev–Trinajstić information content (AvgIpc) is 2.97. The van der Waals surface area contributed by atoms with E-state index in [1.54, 1.807) is 6.08 Å². The third-order valence-electron chi connectivity index (χ3n) is 9.53. The number of anilines is 1. The SMILES string of the molecule is CC1=CC(=O)C(CCC(=O)c2cc(-c3ccc(CN4CCOCC4)cc3)cc(N(C)C3CCC(N)CC3)c2C)C(C)=C1. The molecule has 2 aliphatic carbocycles. The first kappa shape index (κ1) is 30.4. The van der Waals surface area contributed by atoms with E-state index in [1.165, 1.54) is 5.56 Å². The first-order valence-corrected chi connectivity index (χ1v) is 15.7. The Morgan fingerprint density at radius 1 is 0.976 bits per heavy atom. The fourth-order valence-corrected chi connectivity index (χ4v) is 6.86. The number of Topliss-reactive ketones (excluding diaryl/α,β-unsaturated/α-hetero) is 1. The number of nitrogens with zero attached hydrogens (tertiary/aromatic N) is 2. The second-order valence-electron chi connectivity index (χ2n) is 12.6. The van der Waals surface area contributed by atoms with E-state index >= 15 is 0 Å². The van der Waals surface area contributed by atoms with Crippen molar-refractivity contribution >= 4 is 17.3 Å². The summed E-state index contributed by atoms with van der Waals surface area (Å²) in [6.07, 6.45) is 8.83. The van der Waals surface area contributed by atoms with Crippen LogP contribution in [-0.2, 0) is 16.1 Å². The van der Waals surface area contributed by atoms with Crippen molar-refractivity contribution in [2.45, 2.75) is 77.9 Å². The summed E-state index contributed by atoms with van der Waals surface area (Å²) in [6, 6.07) is 13.8. The van der Waals surface area contributed by atoms with E-state index in [0.717, 1.165) is 97.6 Å². The van der Waals surface area contributed by atoms with Gasteiger partial charge in [0.25, 0.3) is 0 Å². The second kappa shape index (κ2) is 13.5. The molecule has 0 aromatic heterocycles. The molecule has 1 heterocycles. The first-order chi connectivity index (χ1) is 20.2. The zero-order valence-corrected chi connectivity index (χ0v) is 25.8. The number of carbonyl (C=O) groups is 2. The van der Waals surface area contributed by atoms with Crippen LogP contribution in [0.4, 0.5) is 5.69 Å². The van der Waals surface area contributed by atoms with E-state index in [4.69, 9.17) is 10.5 Å². The van der Waals surface area contributed by atoms with Crippen molar-refractivity contribution in [2.75, 3.05) is 38.3 Å². The van der Waals surface area contributed by atoms with E-state index in [2.05, 4.69) is 66.2 Å². The van der Waals surface area contributed by atoms with Crippen molar-refractivity contribution in [1.82, 2.24) is 4.90 Å². The molecule has 2 N–H and O–H groups in total. The Bertz CT molecular complexity index is 1350. The monoisotopic (exact) mass is 569 g/mol. The Morgan fingerprint density at radius 3 is 2.33 bits per heavy atom. The molecule has 2 aromatic rings. The zero-order chi connectivity index (χ0) is 29.8. The van der Waals surface area contributed by atoms with E-state index < -0.39 is 0 Å². The Balaban J connectivity index is 1.41. The van der Waals surface area contributed by atoms with Crippen LogP contribution in [0.2, 0.25) is 0 Å². The summed E-state index contributed by atoms with van der Waals surface area (Å²) < 4.78 is 5.50. The van der Waals surface area contributed by atoms with E-state index in [0.29, 0.717) is 18.9 Å². The van der Waals surface area contributed by atoms with Crippen LogP contribution in [0.15, 0.2) is 59.7 Å². The van der Waals surface area contributed by atoms with Crippen LogP contribution in [0, 0.1) is 12.8 Å². The molecule has 1 saturated heterocycles. The predicted molar refractivity (Wildman–Crippen MR) is 171 cm³/mol. The number of nitrogens with two attached hydrogens (primary N) is 1. The molecule has 0 amide bonds. The molecule has 1 unspecified atom stereocenters. The lowest BCUT2D eigenvalue weighted by Gasteiger charge is -2.36. The lowest BCUT2D eigenvalue weighted by atomic mass is 9.83. The van der Waals surface area contributed by atoms with Gasteiger partial charge in [-0.3, -0.25) is 14.5 Å². The van der Waals surface area contributed by atoms with Crippen molar-refractivity contribution in [2.24, 2.45) is 11.7 Å². The van der Waals surface area contributed by atoms with Gasteiger partial charge >= 0.3 is 0 Å². The van der Waals surface area contributed by atoms with Gasteiger partial charge in [0.05, 0.1) is 13.2 Å². The van der Waals surface area contributed by atoms with Gasteiger partial charge in [0, 0.05) is 62.4 Å². The summed E-state index contributed by atoms with van der Waals surface area (Å²) >= 11 is 0. The van der Waals surface area contributed by atoms with Gasteiger partial charge in [-0.25, -0.2) is 0 Å². The maximum atomic E-state index is 13.8. The number of benzene rings is 2. The molecule has 2 fully saturated rings. The quantitative estimate of drug-likeness (QED) is 0.360. The molecule has 0 bridgehead atoms. The number of ketones is 2. The van der Waals surface area contributed by atoms with Crippen LogP contribution in [0.5, 0.6) is 0 Å². The Kier molecular flexibility index (Phi) is 9.77. The van der Waals surface area contributed by atoms with Crippen molar-refractivity contribution in [3.63, 3.8) is 0 Å². The molecule has 2 aromatic carbocycles. The molecular formula is C36H47N3O3. The van der Waals surface area contributed by atoms with Crippen LogP contribution in [0.25, 0.3) is 11.1 Å². The van der Waals surface area contributed by atoms with E-state index in [-0.39, 0.29) is 23.5 Å². The molecule has 42 heavy (non-hydrogen) atoms. The van der Waals surface area contributed by atoms with Crippen LogP contribution < -0.4 is 10.6 Å². The third kappa shape index (κ3) is 7.11. The lowest BCUT2D eigenvalue weighted by Crippen LogP contribution is -2.39. The molecule has 1 atom stereocenters. The van der Waals surface area contributed by atoms with E-state index in [1.807, 2.05) is 13.8 Å². The van der Waals surface area contributed by atoms with Crippen molar-refractivity contribution < 1.29 is 14.3 Å². The molecule has 0 spiro atoms.